The van der Waals surface area contributed by atoms with Crippen LogP contribution in [0.25, 0.3) is 0 Å². The number of halogens is 3. The van der Waals surface area contributed by atoms with Crippen molar-refractivity contribution < 1.29 is 18.0 Å². The normalized spacial score (nSPS) is 11.5. The van der Waals surface area contributed by atoms with Gasteiger partial charge in [0.2, 0.25) is 0 Å². The molecule has 0 spiro atoms. The Morgan fingerprint density at radius 2 is 2.00 bits per heavy atom. The van der Waals surface area contributed by atoms with Crippen LogP contribution in [0.5, 0.6) is 0 Å². The number of nitrogens with zero attached hydrogens (tertiary/aromatic N) is 2. The maximum Gasteiger partial charge on any atom is 0.435 e. The standard InChI is InChI=1S/C9H9F3N2O/c1-2-7(15)5-6-3-4-8(14-13-6)9(10,11)12/h3-4H,2,5H2,1H3. The smallest absolute Gasteiger partial charge is 0.299 e. The summed E-state index contributed by atoms with van der Waals surface area (Å²) >= 11 is 0. The van der Waals surface area contributed by atoms with Crippen LogP contribution in [0.1, 0.15) is 24.7 Å². The lowest BCUT2D eigenvalue weighted by Gasteiger charge is -2.04. The van der Waals surface area contributed by atoms with Gasteiger partial charge in [0.05, 0.1) is 12.1 Å². The number of hydrogen-bond acceptors (Lipinski definition) is 3. The summed E-state index contributed by atoms with van der Waals surface area (Å²) in [5.74, 6) is -0.0796. The summed E-state index contributed by atoms with van der Waals surface area (Å²) < 4.78 is 36.2. The second-order valence-electron chi connectivity index (χ2n) is 2.98. The third kappa shape index (κ3) is 3.30. The van der Waals surface area contributed by atoms with Crippen LogP contribution < -0.4 is 0 Å². The van der Waals surface area contributed by atoms with Crippen molar-refractivity contribution in [1.82, 2.24) is 10.2 Å². The van der Waals surface area contributed by atoms with Crippen molar-refractivity contribution in [2.75, 3.05) is 0 Å². The van der Waals surface area contributed by atoms with Crippen LogP contribution in [0.15, 0.2) is 12.1 Å². The molecule has 82 valence electrons. The summed E-state index contributed by atoms with van der Waals surface area (Å²) in [5, 5.41) is 6.35. The minimum Gasteiger partial charge on any atom is -0.299 e. The number of aromatic nitrogens is 2. The Bertz CT molecular complexity index is 345. The SMILES string of the molecule is CCC(=O)Cc1ccc(C(F)(F)F)nn1. The molecule has 15 heavy (non-hydrogen) atoms. The van der Waals surface area contributed by atoms with Crippen molar-refractivity contribution in [1.29, 1.82) is 0 Å². The number of carbonyl (C=O) groups is 1. The molecule has 6 heteroatoms. The van der Waals surface area contributed by atoms with Gasteiger partial charge >= 0.3 is 6.18 Å². The summed E-state index contributed by atoms with van der Waals surface area (Å²) in [7, 11) is 0. The Labute approximate surface area is 84.3 Å². The number of carbonyl (C=O) groups excluding carboxylic acids is 1. The Morgan fingerprint density at radius 3 is 2.40 bits per heavy atom. The molecule has 1 aromatic heterocycles. The average Bonchev–Trinajstić information content (AvgIpc) is 2.17. The average molecular weight is 218 g/mol. The summed E-state index contributed by atoms with van der Waals surface area (Å²) in [4.78, 5) is 11.0. The molecular weight excluding hydrogens is 209 g/mol. The fourth-order valence-electron chi connectivity index (χ4n) is 0.932. The number of Topliss-reactive ketones (excluding diaryl/α,β-unsaturated/α-hetero) is 1. The Kier molecular flexibility index (Phi) is 3.39. The molecule has 0 aromatic carbocycles. The van der Waals surface area contributed by atoms with E-state index in [0.29, 0.717) is 6.42 Å². The molecule has 0 amide bonds. The highest BCUT2D eigenvalue weighted by molar-refractivity contribution is 5.80. The highest BCUT2D eigenvalue weighted by Crippen LogP contribution is 2.26. The fraction of sp³-hybridized carbons (Fsp3) is 0.444. The van der Waals surface area contributed by atoms with Gasteiger partial charge in [-0.05, 0) is 12.1 Å². The molecule has 0 aliphatic carbocycles. The van der Waals surface area contributed by atoms with Gasteiger partial charge in [0, 0.05) is 6.42 Å². The maximum atomic E-state index is 12.1. The first-order valence-electron chi connectivity index (χ1n) is 4.35. The van der Waals surface area contributed by atoms with Crippen LogP contribution in [0.4, 0.5) is 13.2 Å². The van der Waals surface area contributed by atoms with Crippen LogP contribution in [-0.4, -0.2) is 16.0 Å². The summed E-state index contributed by atoms with van der Waals surface area (Å²) in [6.07, 6.45) is -4.12. The molecule has 0 unspecified atom stereocenters. The van der Waals surface area contributed by atoms with Crippen molar-refractivity contribution in [3.8, 4) is 0 Å². The highest BCUT2D eigenvalue weighted by Gasteiger charge is 2.32. The molecule has 0 aliphatic heterocycles. The lowest BCUT2D eigenvalue weighted by atomic mass is 10.2. The van der Waals surface area contributed by atoms with E-state index < -0.39 is 11.9 Å². The molecule has 0 N–H and O–H groups in total. The van der Waals surface area contributed by atoms with E-state index in [1.165, 1.54) is 6.07 Å². The van der Waals surface area contributed by atoms with Crippen molar-refractivity contribution in [3.63, 3.8) is 0 Å². The van der Waals surface area contributed by atoms with Gasteiger partial charge in [0.1, 0.15) is 5.78 Å². The van der Waals surface area contributed by atoms with E-state index in [4.69, 9.17) is 0 Å². The van der Waals surface area contributed by atoms with Crippen molar-refractivity contribution in [2.45, 2.75) is 25.9 Å². The van der Waals surface area contributed by atoms with Gasteiger partial charge in [-0.3, -0.25) is 4.79 Å². The topological polar surface area (TPSA) is 42.9 Å². The second kappa shape index (κ2) is 4.37. The summed E-state index contributed by atoms with van der Waals surface area (Å²) in [6.45, 7) is 1.68. The molecule has 0 fully saturated rings. The predicted molar refractivity (Wildman–Crippen MR) is 46.0 cm³/mol. The van der Waals surface area contributed by atoms with E-state index in [0.717, 1.165) is 6.07 Å². The number of hydrogen-bond donors (Lipinski definition) is 0. The quantitative estimate of drug-likeness (QED) is 0.779. The highest BCUT2D eigenvalue weighted by atomic mass is 19.4. The maximum absolute atomic E-state index is 12.1. The molecular formula is C9H9F3N2O. The molecule has 1 heterocycles. The minimum absolute atomic E-state index is 0.0294. The van der Waals surface area contributed by atoms with Gasteiger partial charge in [-0.2, -0.15) is 18.3 Å². The number of rotatable bonds is 3. The first-order chi connectivity index (χ1) is 6.93. The summed E-state index contributed by atoms with van der Waals surface area (Å²) in [6, 6.07) is 1.99. The van der Waals surface area contributed by atoms with Crippen molar-refractivity contribution >= 4 is 5.78 Å². The molecule has 0 radical (unpaired) electrons. The van der Waals surface area contributed by atoms with E-state index in [-0.39, 0.29) is 17.9 Å². The molecule has 0 saturated carbocycles. The Hall–Kier alpha value is -1.46. The number of ketones is 1. The largest absolute Gasteiger partial charge is 0.435 e. The summed E-state index contributed by atoms with van der Waals surface area (Å²) in [5.41, 5.74) is -0.787. The molecule has 0 bridgehead atoms. The molecule has 0 aliphatic rings. The third-order valence-corrected chi connectivity index (χ3v) is 1.78. The van der Waals surface area contributed by atoms with E-state index in [1.54, 1.807) is 6.92 Å². The zero-order valence-corrected chi connectivity index (χ0v) is 8.01. The second-order valence-corrected chi connectivity index (χ2v) is 2.98. The molecule has 3 nitrogen and oxygen atoms in total. The van der Waals surface area contributed by atoms with Crippen LogP contribution in [0.2, 0.25) is 0 Å². The molecule has 0 saturated heterocycles. The van der Waals surface area contributed by atoms with Crippen molar-refractivity contribution in [3.05, 3.63) is 23.5 Å². The number of alkyl halides is 3. The van der Waals surface area contributed by atoms with Gasteiger partial charge in [-0.15, -0.1) is 5.10 Å². The van der Waals surface area contributed by atoms with E-state index >= 15 is 0 Å². The van der Waals surface area contributed by atoms with Gasteiger partial charge < -0.3 is 0 Å². The third-order valence-electron chi connectivity index (χ3n) is 1.78. The Morgan fingerprint density at radius 1 is 1.33 bits per heavy atom. The lowest BCUT2D eigenvalue weighted by Crippen LogP contribution is -2.11. The minimum atomic E-state index is -4.49. The molecule has 1 aromatic rings. The van der Waals surface area contributed by atoms with E-state index in [1.807, 2.05) is 0 Å². The van der Waals surface area contributed by atoms with Crippen LogP contribution >= 0.6 is 0 Å². The predicted octanol–water partition coefficient (Wildman–Crippen LogP) is 2.02. The van der Waals surface area contributed by atoms with Crippen LogP contribution in [0, 0.1) is 0 Å². The molecule has 0 atom stereocenters. The monoisotopic (exact) mass is 218 g/mol. The van der Waals surface area contributed by atoms with Gasteiger partial charge in [-0.25, -0.2) is 0 Å². The molecule has 1 rings (SSSR count). The van der Waals surface area contributed by atoms with Gasteiger partial charge in [-0.1, -0.05) is 6.92 Å². The van der Waals surface area contributed by atoms with Gasteiger partial charge in [0.15, 0.2) is 5.69 Å². The van der Waals surface area contributed by atoms with Crippen LogP contribution in [-0.2, 0) is 17.4 Å². The Balaban J connectivity index is 2.77. The fourth-order valence-corrected chi connectivity index (χ4v) is 0.932. The zero-order valence-electron chi connectivity index (χ0n) is 8.01. The van der Waals surface area contributed by atoms with E-state index in [9.17, 15) is 18.0 Å². The van der Waals surface area contributed by atoms with E-state index in [2.05, 4.69) is 10.2 Å². The van der Waals surface area contributed by atoms with Crippen molar-refractivity contribution in [2.24, 2.45) is 0 Å². The lowest BCUT2D eigenvalue weighted by molar-refractivity contribution is -0.141. The first kappa shape index (κ1) is 11.6. The zero-order chi connectivity index (χ0) is 11.5. The first-order valence-corrected chi connectivity index (χ1v) is 4.35. The van der Waals surface area contributed by atoms with Gasteiger partial charge in [0.25, 0.3) is 0 Å². The van der Waals surface area contributed by atoms with Crippen LogP contribution in [0.3, 0.4) is 0 Å².